The first kappa shape index (κ1) is 18.2. The van der Waals surface area contributed by atoms with Crippen molar-refractivity contribution in [2.45, 2.75) is 32.3 Å². The molecule has 6 nitrogen and oxygen atoms in total. The molecule has 2 aromatic rings. The topological polar surface area (TPSA) is 76.6 Å². The highest BCUT2D eigenvalue weighted by Gasteiger charge is 2.25. The lowest BCUT2D eigenvalue weighted by molar-refractivity contribution is -0.145. The summed E-state index contributed by atoms with van der Waals surface area (Å²) in [5.41, 5.74) is 0.770. The molecular formula is C18H17FN2O4S. The fraction of sp³-hybridized carbons (Fsp3) is 0.333. The van der Waals surface area contributed by atoms with Crippen LogP contribution in [0.25, 0.3) is 0 Å². The molecule has 1 saturated heterocycles. The third kappa shape index (κ3) is 4.13. The molecule has 3 rings (SSSR count). The number of Topliss-reactive ketones (excluding diaryl/α,β-unsaturated/α-hetero) is 1. The molecule has 1 aromatic carbocycles. The molecule has 0 spiro atoms. The van der Waals surface area contributed by atoms with Crippen molar-refractivity contribution < 1.29 is 23.5 Å². The number of anilines is 1. The smallest absolute Gasteiger partial charge is 0.312 e. The standard InChI is InChI=1S/C18H17FN2O4S/c1-11(17(24)12-4-6-13(19)7-5-12)25-16(23)9-14-10-26-18(20-14)21-8-2-3-15(21)22/h4-7,10-11H,2-3,8-9H2,1H3/t11-/m1/s1. The van der Waals surface area contributed by atoms with E-state index in [0.29, 0.717) is 23.8 Å². The van der Waals surface area contributed by atoms with E-state index in [1.54, 1.807) is 10.3 Å². The minimum Gasteiger partial charge on any atom is -0.454 e. The number of carbonyl (C=O) groups is 3. The van der Waals surface area contributed by atoms with Crippen molar-refractivity contribution in [2.24, 2.45) is 0 Å². The van der Waals surface area contributed by atoms with Crippen LogP contribution < -0.4 is 4.90 Å². The summed E-state index contributed by atoms with van der Waals surface area (Å²) in [5, 5.41) is 2.28. The molecule has 1 fully saturated rings. The Morgan fingerprint density at radius 1 is 1.35 bits per heavy atom. The van der Waals surface area contributed by atoms with Crippen molar-refractivity contribution in [2.75, 3.05) is 11.4 Å². The first-order chi connectivity index (χ1) is 12.4. The molecule has 0 bridgehead atoms. The first-order valence-corrected chi connectivity index (χ1v) is 9.06. The van der Waals surface area contributed by atoms with Gasteiger partial charge in [0.15, 0.2) is 11.2 Å². The van der Waals surface area contributed by atoms with Crippen LogP contribution >= 0.6 is 11.3 Å². The molecule has 1 atom stereocenters. The van der Waals surface area contributed by atoms with E-state index in [0.717, 1.165) is 6.42 Å². The highest BCUT2D eigenvalue weighted by Crippen LogP contribution is 2.25. The summed E-state index contributed by atoms with van der Waals surface area (Å²) in [4.78, 5) is 41.9. The summed E-state index contributed by atoms with van der Waals surface area (Å²) in [6.07, 6.45) is 0.254. The molecule has 26 heavy (non-hydrogen) atoms. The third-order valence-electron chi connectivity index (χ3n) is 3.98. The van der Waals surface area contributed by atoms with Crippen LogP contribution in [0.15, 0.2) is 29.6 Å². The quantitative estimate of drug-likeness (QED) is 0.572. The highest BCUT2D eigenvalue weighted by atomic mass is 32.1. The van der Waals surface area contributed by atoms with Gasteiger partial charge in [-0.1, -0.05) is 0 Å². The van der Waals surface area contributed by atoms with E-state index in [1.807, 2.05) is 0 Å². The molecule has 136 valence electrons. The predicted molar refractivity (Wildman–Crippen MR) is 93.7 cm³/mol. The van der Waals surface area contributed by atoms with Crippen LogP contribution in [0.2, 0.25) is 0 Å². The van der Waals surface area contributed by atoms with Crippen LogP contribution in [0.1, 0.15) is 35.8 Å². The van der Waals surface area contributed by atoms with Gasteiger partial charge in [0.2, 0.25) is 11.7 Å². The van der Waals surface area contributed by atoms with Crippen molar-refractivity contribution in [3.63, 3.8) is 0 Å². The summed E-state index contributed by atoms with van der Waals surface area (Å²) < 4.78 is 18.1. The predicted octanol–water partition coefficient (Wildman–Crippen LogP) is 2.77. The Labute approximate surface area is 153 Å². The van der Waals surface area contributed by atoms with E-state index < -0.39 is 23.7 Å². The zero-order valence-electron chi connectivity index (χ0n) is 14.1. The van der Waals surface area contributed by atoms with Crippen LogP contribution in [0.3, 0.4) is 0 Å². The number of hydrogen-bond donors (Lipinski definition) is 0. The van der Waals surface area contributed by atoms with Crippen LogP contribution in [-0.2, 0) is 20.7 Å². The summed E-state index contributed by atoms with van der Waals surface area (Å²) in [7, 11) is 0. The zero-order valence-corrected chi connectivity index (χ0v) is 14.9. The maximum Gasteiger partial charge on any atom is 0.312 e. The van der Waals surface area contributed by atoms with Gasteiger partial charge in [0.1, 0.15) is 5.82 Å². The SMILES string of the molecule is C[C@@H](OC(=O)Cc1csc(N2CCCC2=O)n1)C(=O)c1ccc(F)cc1. The maximum atomic E-state index is 12.9. The number of halogens is 1. The van der Waals surface area contributed by atoms with Crippen LogP contribution in [0, 0.1) is 5.82 Å². The number of rotatable bonds is 6. The Kier molecular flexibility index (Phi) is 5.41. The number of thiazole rings is 1. The van der Waals surface area contributed by atoms with Gasteiger partial charge in [-0.15, -0.1) is 11.3 Å². The number of esters is 1. The lowest BCUT2D eigenvalue weighted by Gasteiger charge is -2.12. The van der Waals surface area contributed by atoms with Gasteiger partial charge >= 0.3 is 5.97 Å². The van der Waals surface area contributed by atoms with Crippen molar-refractivity contribution in [1.29, 1.82) is 0 Å². The number of amides is 1. The van der Waals surface area contributed by atoms with Gasteiger partial charge in [-0.05, 0) is 37.6 Å². The number of ketones is 1. The first-order valence-electron chi connectivity index (χ1n) is 8.18. The van der Waals surface area contributed by atoms with Gasteiger partial charge in [0.25, 0.3) is 0 Å². The second-order valence-electron chi connectivity index (χ2n) is 5.95. The number of aromatic nitrogens is 1. The van der Waals surface area contributed by atoms with Gasteiger partial charge < -0.3 is 4.74 Å². The molecular weight excluding hydrogens is 359 g/mol. The van der Waals surface area contributed by atoms with E-state index in [9.17, 15) is 18.8 Å². The monoisotopic (exact) mass is 376 g/mol. The number of benzene rings is 1. The number of ether oxygens (including phenoxy) is 1. The van der Waals surface area contributed by atoms with E-state index in [1.165, 1.54) is 42.5 Å². The number of hydrogen-bond acceptors (Lipinski definition) is 6. The molecule has 2 heterocycles. The summed E-state index contributed by atoms with van der Waals surface area (Å²) >= 11 is 1.30. The lowest BCUT2D eigenvalue weighted by atomic mass is 10.1. The molecule has 0 radical (unpaired) electrons. The Balaban J connectivity index is 1.56. The van der Waals surface area contributed by atoms with Crippen LogP contribution in [-0.4, -0.2) is 35.3 Å². The van der Waals surface area contributed by atoms with Gasteiger partial charge in [-0.3, -0.25) is 19.3 Å². The molecule has 1 amide bonds. The minimum atomic E-state index is -0.980. The Morgan fingerprint density at radius 3 is 2.73 bits per heavy atom. The average Bonchev–Trinajstić information content (AvgIpc) is 3.23. The number of carbonyl (C=O) groups excluding carboxylic acids is 3. The molecule has 1 aliphatic heterocycles. The van der Waals surface area contributed by atoms with Crippen LogP contribution in [0.5, 0.6) is 0 Å². The Bertz CT molecular complexity index is 834. The fourth-order valence-corrected chi connectivity index (χ4v) is 3.51. The molecule has 1 aromatic heterocycles. The minimum absolute atomic E-state index is 0.0343. The summed E-state index contributed by atoms with van der Waals surface area (Å²) in [5.74, 6) is -1.40. The van der Waals surface area contributed by atoms with E-state index >= 15 is 0 Å². The van der Waals surface area contributed by atoms with Crippen molar-refractivity contribution in [1.82, 2.24) is 4.98 Å². The molecule has 0 aliphatic carbocycles. The Morgan fingerprint density at radius 2 is 2.08 bits per heavy atom. The van der Waals surface area contributed by atoms with Gasteiger partial charge in [-0.2, -0.15) is 0 Å². The van der Waals surface area contributed by atoms with Gasteiger partial charge in [-0.25, -0.2) is 9.37 Å². The van der Waals surface area contributed by atoms with Crippen molar-refractivity contribution in [3.05, 3.63) is 46.7 Å². The van der Waals surface area contributed by atoms with Crippen molar-refractivity contribution in [3.8, 4) is 0 Å². The normalized spacial score (nSPS) is 15.2. The summed E-state index contributed by atoms with van der Waals surface area (Å²) in [6, 6.07) is 5.06. The molecule has 8 heteroatoms. The highest BCUT2D eigenvalue weighted by molar-refractivity contribution is 7.14. The maximum absolute atomic E-state index is 12.9. The second-order valence-corrected chi connectivity index (χ2v) is 6.79. The van der Waals surface area contributed by atoms with Crippen molar-refractivity contribution >= 4 is 34.1 Å². The van der Waals surface area contributed by atoms with Gasteiger partial charge in [0, 0.05) is 23.9 Å². The lowest BCUT2D eigenvalue weighted by Crippen LogP contribution is -2.25. The average molecular weight is 376 g/mol. The van der Waals surface area contributed by atoms with E-state index in [4.69, 9.17) is 4.74 Å². The van der Waals surface area contributed by atoms with Gasteiger partial charge in [0.05, 0.1) is 12.1 Å². The molecule has 0 unspecified atom stereocenters. The molecule has 1 aliphatic rings. The Hall–Kier alpha value is -2.61. The van der Waals surface area contributed by atoms with E-state index in [2.05, 4.69) is 4.98 Å². The zero-order chi connectivity index (χ0) is 18.7. The second kappa shape index (κ2) is 7.74. The van der Waals surface area contributed by atoms with E-state index in [-0.39, 0.29) is 17.9 Å². The number of nitrogens with zero attached hydrogens (tertiary/aromatic N) is 2. The molecule has 0 N–H and O–H groups in total. The molecule has 0 saturated carbocycles. The fourth-order valence-electron chi connectivity index (χ4n) is 2.64. The largest absolute Gasteiger partial charge is 0.454 e. The third-order valence-corrected chi connectivity index (χ3v) is 4.89. The van der Waals surface area contributed by atoms with Crippen LogP contribution in [0.4, 0.5) is 9.52 Å². The summed E-state index contributed by atoms with van der Waals surface area (Å²) in [6.45, 7) is 2.11.